The minimum Gasteiger partial charge on any atom is -0.458 e. The number of hydrogen-bond donors (Lipinski definition) is 4. The highest BCUT2D eigenvalue weighted by atomic mass is 16.7. The van der Waals surface area contributed by atoms with Crippen LogP contribution in [-0.4, -0.2) is 88.6 Å². The number of carbonyl (C=O) groups excluding carboxylic acids is 1. The zero-order chi connectivity index (χ0) is 27.9. The molecule has 4 aliphatic carbocycles. The highest BCUT2D eigenvalue weighted by molar-refractivity contribution is 5.85. The van der Waals surface area contributed by atoms with Crippen LogP contribution in [0.15, 0.2) is 11.6 Å². The first kappa shape index (κ1) is 28.1. The molecule has 14 atom stereocenters. The zero-order valence-electron chi connectivity index (χ0n) is 23.6. The van der Waals surface area contributed by atoms with Crippen LogP contribution in [0.5, 0.6) is 0 Å². The summed E-state index contributed by atoms with van der Waals surface area (Å²) in [4.78, 5) is 11.8. The van der Waals surface area contributed by atoms with E-state index >= 15 is 0 Å². The van der Waals surface area contributed by atoms with Gasteiger partial charge in [0.25, 0.3) is 0 Å². The third kappa shape index (κ3) is 4.09. The summed E-state index contributed by atoms with van der Waals surface area (Å²) in [5.41, 5.74) is -0.601. The molecule has 9 heteroatoms. The molecular weight excluding hydrogens is 504 g/mol. The Bertz CT molecular complexity index is 1000. The van der Waals surface area contributed by atoms with Crippen molar-refractivity contribution in [2.75, 3.05) is 13.7 Å². The van der Waals surface area contributed by atoms with E-state index in [1.807, 2.05) is 0 Å². The summed E-state index contributed by atoms with van der Waals surface area (Å²) in [6.45, 7) is 6.48. The van der Waals surface area contributed by atoms with Crippen LogP contribution in [0.3, 0.4) is 0 Å². The fourth-order valence-corrected chi connectivity index (χ4v) is 10.2. The van der Waals surface area contributed by atoms with Gasteiger partial charge in [0.05, 0.1) is 23.9 Å². The summed E-state index contributed by atoms with van der Waals surface area (Å²) in [5.74, 6) is 0.260. The van der Waals surface area contributed by atoms with Gasteiger partial charge in [-0.05, 0) is 80.6 Å². The maximum Gasteiger partial charge on any atom is 0.331 e. The average Bonchev–Trinajstić information content (AvgIpc) is 3.39. The predicted octanol–water partition coefficient (Wildman–Crippen LogP) is 2.08. The Balaban J connectivity index is 1.17. The molecule has 4 saturated carbocycles. The van der Waals surface area contributed by atoms with Crippen molar-refractivity contribution in [1.82, 2.24) is 0 Å². The minimum absolute atomic E-state index is 0.0547. The molecule has 0 aromatic rings. The standard InChI is InChI=1S/C30H46O9/c1-15-24(33)26(36-4)25(34)27(38-15)39-18-7-9-28(2)17(12-18)5-6-20-19(28)8-10-29(3)23(16-11-22(32)37-14-16)21(31)13-30(20,29)35/h11,15,17-21,23-27,31,33-35H,5-10,12-14H2,1-4H3/t15-,17-,18+,19+,20?,21+,23+,24+,25-,26+,27-,28+,29-,30+/m1/s1. The minimum atomic E-state index is -1.06. The monoisotopic (exact) mass is 550 g/mol. The second-order valence-corrected chi connectivity index (χ2v) is 13.9. The van der Waals surface area contributed by atoms with Crippen LogP contribution in [0.1, 0.15) is 72.1 Å². The van der Waals surface area contributed by atoms with E-state index in [9.17, 15) is 25.2 Å². The lowest BCUT2D eigenvalue weighted by Crippen LogP contribution is -2.62. The van der Waals surface area contributed by atoms with Gasteiger partial charge in [-0.2, -0.15) is 0 Å². The number of methoxy groups -OCH3 is 1. The lowest BCUT2D eigenvalue weighted by Gasteiger charge is -2.63. The van der Waals surface area contributed by atoms with E-state index in [1.165, 1.54) is 13.2 Å². The maximum absolute atomic E-state index is 12.4. The molecule has 0 bridgehead atoms. The van der Waals surface area contributed by atoms with E-state index in [0.29, 0.717) is 18.3 Å². The number of ether oxygens (including phenoxy) is 4. The quantitative estimate of drug-likeness (QED) is 0.307. The Morgan fingerprint density at radius 3 is 2.49 bits per heavy atom. The summed E-state index contributed by atoms with van der Waals surface area (Å²) in [6.07, 6.45) is 3.40. The predicted molar refractivity (Wildman–Crippen MR) is 139 cm³/mol. The molecule has 4 N–H and O–H groups in total. The van der Waals surface area contributed by atoms with Gasteiger partial charge in [0.1, 0.15) is 24.9 Å². The van der Waals surface area contributed by atoms with Gasteiger partial charge in [-0.1, -0.05) is 13.8 Å². The molecule has 9 nitrogen and oxygen atoms in total. The van der Waals surface area contributed by atoms with Crippen LogP contribution in [0.4, 0.5) is 0 Å². The van der Waals surface area contributed by atoms with Crippen LogP contribution in [-0.2, 0) is 23.7 Å². The molecule has 220 valence electrons. The molecule has 0 aromatic carbocycles. The molecule has 0 radical (unpaired) electrons. The Morgan fingerprint density at radius 1 is 1.03 bits per heavy atom. The number of fused-ring (bicyclic) bond motifs is 5. The fourth-order valence-electron chi connectivity index (χ4n) is 10.2. The summed E-state index contributed by atoms with van der Waals surface area (Å²) in [7, 11) is 1.48. The summed E-state index contributed by atoms with van der Waals surface area (Å²) in [5, 5.41) is 44.7. The molecule has 39 heavy (non-hydrogen) atoms. The van der Waals surface area contributed by atoms with Crippen molar-refractivity contribution < 1.29 is 44.2 Å². The highest BCUT2D eigenvalue weighted by Crippen LogP contribution is 2.70. The molecule has 0 aromatic heterocycles. The zero-order valence-corrected chi connectivity index (χ0v) is 23.6. The molecule has 2 aliphatic heterocycles. The van der Waals surface area contributed by atoms with Crippen molar-refractivity contribution in [3.05, 3.63) is 11.6 Å². The van der Waals surface area contributed by atoms with Gasteiger partial charge in [-0.15, -0.1) is 0 Å². The van der Waals surface area contributed by atoms with Crippen LogP contribution in [0.2, 0.25) is 0 Å². The normalized spacial score (nSPS) is 55.3. The molecule has 5 fully saturated rings. The Morgan fingerprint density at radius 2 is 1.79 bits per heavy atom. The van der Waals surface area contributed by atoms with Crippen LogP contribution < -0.4 is 0 Å². The van der Waals surface area contributed by atoms with E-state index in [4.69, 9.17) is 18.9 Å². The number of aliphatic hydroxyl groups excluding tert-OH is 3. The smallest absolute Gasteiger partial charge is 0.331 e. The van der Waals surface area contributed by atoms with Gasteiger partial charge in [0.15, 0.2) is 6.29 Å². The van der Waals surface area contributed by atoms with Gasteiger partial charge in [-0.3, -0.25) is 0 Å². The summed E-state index contributed by atoms with van der Waals surface area (Å²) >= 11 is 0. The molecular formula is C30H46O9. The van der Waals surface area contributed by atoms with Gasteiger partial charge in [0.2, 0.25) is 0 Å². The van der Waals surface area contributed by atoms with Gasteiger partial charge in [-0.25, -0.2) is 4.79 Å². The average molecular weight is 551 g/mol. The molecule has 0 amide bonds. The topological polar surface area (TPSA) is 135 Å². The lowest BCUT2D eigenvalue weighted by molar-refractivity contribution is -0.313. The van der Waals surface area contributed by atoms with Crippen LogP contribution in [0.25, 0.3) is 0 Å². The summed E-state index contributed by atoms with van der Waals surface area (Å²) in [6, 6.07) is 0. The number of esters is 1. The Hall–Kier alpha value is -1.07. The van der Waals surface area contributed by atoms with Crippen molar-refractivity contribution in [2.45, 2.75) is 121 Å². The second kappa shape index (κ2) is 9.75. The van der Waals surface area contributed by atoms with Crippen molar-refractivity contribution in [2.24, 2.45) is 34.5 Å². The van der Waals surface area contributed by atoms with E-state index < -0.39 is 47.8 Å². The molecule has 1 saturated heterocycles. The van der Waals surface area contributed by atoms with Crippen LogP contribution >= 0.6 is 0 Å². The highest BCUT2D eigenvalue weighted by Gasteiger charge is 2.70. The first-order valence-corrected chi connectivity index (χ1v) is 14.9. The third-order valence-electron chi connectivity index (χ3n) is 12.3. The van der Waals surface area contributed by atoms with Crippen LogP contribution in [0, 0.1) is 34.5 Å². The van der Waals surface area contributed by atoms with Gasteiger partial charge >= 0.3 is 5.97 Å². The largest absolute Gasteiger partial charge is 0.458 e. The van der Waals surface area contributed by atoms with Gasteiger partial charge in [0, 0.05) is 30.9 Å². The van der Waals surface area contributed by atoms with E-state index in [1.54, 1.807) is 6.92 Å². The van der Waals surface area contributed by atoms with Crippen molar-refractivity contribution in [3.63, 3.8) is 0 Å². The summed E-state index contributed by atoms with van der Waals surface area (Å²) < 4.78 is 22.7. The molecule has 6 aliphatic rings. The Kier molecular flexibility index (Phi) is 7.02. The second-order valence-electron chi connectivity index (χ2n) is 13.9. The maximum atomic E-state index is 12.4. The van der Waals surface area contributed by atoms with E-state index in [-0.39, 0.29) is 35.9 Å². The number of carbonyl (C=O) groups is 1. The fraction of sp³-hybridized carbons (Fsp3) is 0.900. The molecule has 0 spiro atoms. The van der Waals surface area contributed by atoms with Crippen molar-refractivity contribution in [1.29, 1.82) is 0 Å². The number of hydrogen-bond acceptors (Lipinski definition) is 9. The van der Waals surface area contributed by atoms with Crippen molar-refractivity contribution >= 4 is 5.97 Å². The van der Waals surface area contributed by atoms with E-state index in [2.05, 4.69) is 13.8 Å². The number of cyclic esters (lactones) is 1. The third-order valence-corrected chi connectivity index (χ3v) is 12.3. The number of rotatable bonds is 4. The van der Waals surface area contributed by atoms with E-state index in [0.717, 1.165) is 50.5 Å². The SMILES string of the molecule is CO[C@H]1[C@@H](O)[C@@H](C)O[C@H](O[C@H]2CC[C@@]3(C)[C@H](CCC4[C@@H]3CC[C@]3(C)[C@@H](C5=CC(=O)OC5)[C@@H](O)C[C@]43O)C2)[C@@H]1O. The van der Waals surface area contributed by atoms with Gasteiger partial charge < -0.3 is 39.4 Å². The first-order chi connectivity index (χ1) is 18.4. The number of aliphatic hydroxyl groups is 4. The lowest BCUT2D eigenvalue weighted by atomic mass is 9.43. The molecule has 2 heterocycles. The molecule has 6 rings (SSSR count). The first-order valence-electron chi connectivity index (χ1n) is 14.9. The van der Waals surface area contributed by atoms with Crippen molar-refractivity contribution in [3.8, 4) is 0 Å². The Labute approximate surface area is 230 Å². The molecule has 1 unspecified atom stereocenters.